The first-order valence-corrected chi connectivity index (χ1v) is 11.8. The van der Waals surface area contributed by atoms with Crippen LogP contribution in [0.5, 0.6) is 0 Å². The summed E-state index contributed by atoms with van der Waals surface area (Å²) in [6.45, 7) is 3.95. The first-order valence-electron chi connectivity index (χ1n) is 10.3. The Bertz CT molecular complexity index is 1100. The molecule has 0 bridgehead atoms. The highest BCUT2D eigenvalue weighted by Crippen LogP contribution is 2.20. The van der Waals surface area contributed by atoms with Gasteiger partial charge in [0.25, 0.3) is 0 Å². The minimum Gasteiger partial charge on any atom is -0.361 e. The molecule has 1 fully saturated rings. The summed E-state index contributed by atoms with van der Waals surface area (Å²) in [5.74, 6) is 0.416. The Balaban J connectivity index is 1.54. The van der Waals surface area contributed by atoms with E-state index in [4.69, 9.17) is 0 Å². The maximum atomic E-state index is 13.2. The van der Waals surface area contributed by atoms with Crippen LogP contribution in [0.3, 0.4) is 0 Å². The molecule has 0 aliphatic carbocycles. The average Bonchev–Trinajstić information content (AvgIpc) is 3.42. The van der Waals surface area contributed by atoms with Crippen molar-refractivity contribution in [3.63, 3.8) is 0 Å². The van der Waals surface area contributed by atoms with E-state index in [1.165, 1.54) is 0 Å². The zero-order chi connectivity index (χ0) is 21.1. The van der Waals surface area contributed by atoms with Crippen LogP contribution in [-0.4, -0.2) is 53.1 Å². The van der Waals surface area contributed by atoms with Gasteiger partial charge in [-0.1, -0.05) is 13.0 Å². The number of aryl methyl sites for hydroxylation is 1. The fraction of sp³-hybridized carbons (Fsp3) is 0.429. The standard InChI is InChI=1S/C21H27N5O3S/c1-16-6-12-25(13-7-16)21(27)19(8-14-26-11-2-9-23-26)24-30(28,29)18-4-3-17-5-10-22-20(17)15-18/h2-5,9-11,15-16,19,22,24H,6-8,12-14H2,1H3. The molecule has 1 amide bonds. The third-order valence-electron chi connectivity index (χ3n) is 5.73. The van der Waals surface area contributed by atoms with E-state index in [1.54, 1.807) is 52.4 Å². The van der Waals surface area contributed by atoms with E-state index >= 15 is 0 Å². The number of rotatable bonds is 7. The number of amides is 1. The summed E-state index contributed by atoms with van der Waals surface area (Å²) in [4.78, 5) is 18.2. The predicted octanol–water partition coefficient (Wildman–Crippen LogP) is 2.36. The number of sulfonamides is 1. The van der Waals surface area contributed by atoms with Crippen molar-refractivity contribution in [2.45, 2.75) is 43.7 Å². The number of carbonyl (C=O) groups excluding carboxylic acids is 1. The molecule has 30 heavy (non-hydrogen) atoms. The molecule has 0 radical (unpaired) electrons. The van der Waals surface area contributed by atoms with E-state index in [1.807, 2.05) is 6.07 Å². The summed E-state index contributed by atoms with van der Waals surface area (Å²) in [7, 11) is -3.86. The van der Waals surface area contributed by atoms with Crippen molar-refractivity contribution in [3.05, 3.63) is 48.9 Å². The highest BCUT2D eigenvalue weighted by Gasteiger charge is 2.31. The molecule has 1 aliphatic rings. The van der Waals surface area contributed by atoms with Gasteiger partial charge in [0.2, 0.25) is 15.9 Å². The third kappa shape index (κ3) is 4.57. The lowest BCUT2D eigenvalue weighted by Gasteiger charge is -2.33. The van der Waals surface area contributed by atoms with Gasteiger partial charge < -0.3 is 9.88 Å². The van der Waals surface area contributed by atoms with Crippen LogP contribution in [0.2, 0.25) is 0 Å². The highest BCUT2D eigenvalue weighted by molar-refractivity contribution is 7.89. The summed E-state index contributed by atoms with van der Waals surface area (Å²) in [6.07, 6.45) is 7.44. The number of benzene rings is 1. The molecule has 0 spiro atoms. The number of nitrogens with zero attached hydrogens (tertiary/aromatic N) is 3. The maximum absolute atomic E-state index is 13.2. The van der Waals surface area contributed by atoms with Gasteiger partial charge >= 0.3 is 0 Å². The van der Waals surface area contributed by atoms with Crippen molar-refractivity contribution in [3.8, 4) is 0 Å². The number of carbonyl (C=O) groups is 1. The molecule has 3 aromatic rings. The Kier molecular flexibility index (Phi) is 5.92. The molecule has 2 aromatic heterocycles. The maximum Gasteiger partial charge on any atom is 0.241 e. The summed E-state index contributed by atoms with van der Waals surface area (Å²) >= 11 is 0. The van der Waals surface area contributed by atoms with Gasteiger partial charge in [-0.2, -0.15) is 9.82 Å². The van der Waals surface area contributed by atoms with Gasteiger partial charge in [-0.25, -0.2) is 8.42 Å². The topological polar surface area (TPSA) is 100 Å². The molecule has 1 aromatic carbocycles. The summed E-state index contributed by atoms with van der Waals surface area (Å²) < 4.78 is 30.6. The van der Waals surface area contributed by atoms with E-state index in [0.717, 1.165) is 23.7 Å². The van der Waals surface area contributed by atoms with Crippen LogP contribution in [0, 0.1) is 5.92 Å². The lowest BCUT2D eigenvalue weighted by atomic mass is 9.98. The predicted molar refractivity (Wildman–Crippen MR) is 114 cm³/mol. The number of nitrogens with one attached hydrogen (secondary N) is 2. The number of H-pyrrole nitrogens is 1. The number of aromatic nitrogens is 3. The van der Waals surface area contributed by atoms with Gasteiger partial charge in [-0.3, -0.25) is 9.48 Å². The molecule has 160 valence electrons. The Morgan fingerprint density at radius 2 is 2.10 bits per heavy atom. The van der Waals surface area contributed by atoms with Crippen LogP contribution in [0.1, 0.15) is 26.2 Å². The fourth-order valence-corrected chi connectivity index (χ4v) is 5.08. The Morgan fingerprint density at radius 1 is 1.30 bits per heavy atom. The monoisotopic (exact) mass is 429 g/mol. The molecular weight excluding hydrogens is 402 g/mol. The number of hydrogen-bond acceptors (Lipinski definition) is 4. The van der Waals surface area contributed by atoms with Crippen molar-refractivity contribution < 1.29 is 13.2 Å². The highest BCUT2D eigenvalue weighted by atomic mass is 32.2. The van der Waals surface area contributed by atoms with Crippen LogP contribution in [0.15, 0.2) is 53.8 Å². The Morgan fingerprint density at radius 3 is 2.83 bits per heavy atom. The molecule has 1 unspecified atom stereocenters. The number of likely N-dealkylation sites (tertiary alicyclic amines) is 1. The first-order chi connectivity index (χ1) is 14.4. The second-order valence-corrected chi connectivity index (χ2v) is 9.68. The molecule has 1 saturated heterocycles. The van der Waals surface area contributed by atoms with E-state index in [-0.39, 0.29) is 10.8 Å². The van der Waals surface area contributed by atoms with E-state index in [9.17, 15) is 13.2 Å². The van der Waals surface area contributed by atoms with Crippen molar-refractivity contribution in [1.29, 1.82) is 0 Å². The van der Waals surface area contributed by atoms with Crippen LogP contribution in [-0.2, 0) is 21.4 Å². The summed E-state index contributed by atoms with van der Waals surface area (Å²) in [6, 6.07) is 7.76. The molecule has 4 rings (SSSR count). The third-order valence-corrected chi connectivity index (χ3v) is 7.20. The smallest absolute Gasteiger partial charge is 0.241 e. The Labute approximate surface area is 176 Å². The van der Waals surface area contributed by atoms with Crippen LogP contribution in [0.4, 0.5) is 0 Å². The van der Waals surface area contributed by atoms with Crippen molar-refractivity contribution in [2.24, 2.45) is 5.92 Å². The minimum absolute atomic E-state index is 0.140. The lowest BCUT2D eigenvalue weighted by molar-refractivity contribution is -0.134. The van der Waals surface area contributed by atoms with Crippen LogP contribution < -0.4 is 4.72 Å². The molecule has 1 aliphatic heterocycles. The molecule has 9 heteroatoms. The zero-order valence-corrected chi connectivity index (χ0v) is 17.8. The number of hydrogen-bond donors (Lipinski definition) is 2. The fourth-order valence-electron chi connectivity index (χ4n) is 3.83. The van der Waals surface area contributed by atoms with Gasteiger partial charge in [-0.15, -0.1) is 0 Å². The van der Waals surface area contributed by atoms with Gasteiger partial charge in [0.15, 0.2) is 0 Å². The second kappa shape index (κ2) is 8.61. The van der Waals surface area contributed by atoms with E-state index in [2.05, 4.69) is 21.7 Å². The van der Waals surface area contributed by atoms with Gasteiger partial charge in [0.05, 0.1) is 4.90 Å². The molecule has 2 N–H and O–H groups in total. The van der Waals surface area contributed by atoms with Crippen LogP contribution in [0.25, 0.3) is 10.9 Å². The summed E-state index contributed by atoms with van der Waals surface area (Å²) in [5, 5.41) is 5.10. The van der Waals surface area contributed by atoms with Crippen molar-refractivity contribution in [2.75, 3.05) is 13.1 Å². The number of aromatic amines is 1. The number of piperidine rings is 1. The molecular formula is C21H27N5O3S. The Hall–Kier alpha value is -2.65. The normalized spacial score (nSPS) is 16.8. The van der Waals surface area contributed by atoms with Gasteiger partial charge in [0, 0.05) is 43.7 Å². The average molecular weight is 430 g/mol. The van der Waals surface area contributed by atoms with E-state index < -0.39 is 16.1 Å². The first kappa shape index (κ1) is 20.6. The summed E-state index contributed by atoms with van der Waals surface area (Å²) in [5.41, 5.74) is 0.738. The molecule has 8 nitrogen and oxygen atoms in total. The van der Waals surface area contributed by atoms with Crippen molar-refractivity contribution >= 4 is 26.8 Å². The van der Waals surface area contributed by atoms with Gasteiger partial charge in [-0.05, 0) is 54.8 Å². The molecule has 0 saturated carbocycles. The zero-order valence-electron chi connectivity index (χ0n) is 17.0. The lowest BCUT2D eigenvalue weighted by Crippen LogP contribution is -2.50. The minimum atomic E-state index is -3.86. The molecule has 1 atom stereocenters. The van der Waals surface area contributed by atoms with Gasteiger partial charge in [0.1, 0.15) is 6.04 Å². The SMILES string of the molecule is CC1CCN(C(=O)C(CCn2cccn2)NS(=O)(=O)c2ccc3cc[nH]c3c2)CC1. The quantitative estimate of drug-likeness (QED) is 0.602. The largest absolute Gasteiger partial charge is 0.361 e. The second-order valence-electron chi connectivity index (χ2n) is 7.97. The van der Waals surface area contributed by atoms with Crippen LogP contribution >= 0.6 is 0 Å². The number of fused-ring (bicyclic) bond motifs is 1. The van der Waals surface area contributed by atoms with Crippen molar-refractivity contribution in [1.82, 2.24) is 24.4 Å². The molecule has 3 heterocycles. The van der Waals surface area contributed by atoms with E-state index in [0.29, 0.717) is 32.0 Å².